The lowest BCUT2D eigenvalue weighted by atomic mass is 9.92. The smallest absolute Gasteiger partial charge is 0.256 e. The lowest BCUT2D eigenvalue weighted by Crippen LogP contribution is -2.36. The van der Waals surface area contributed by atoms with Crippen molar-refractivity contribution in [3.05, 3.63) is 63.4 Å². The fourth-order valence-electron chi connectivity index (χ4n) is 3.30. The van der Waals surface area contributed by atoms with Crippen molar-refractivity contribution in [3.63, 3.8) is 0 Å². The van der Waals surface area contributed by atoms with E-state index in [-0.39, 0.29) is 12.2 Å². The van der Waals surface area contributed by atoms with Crippen molar-refractivity contribution < 1.29 is 14.3 Å². The molecule has 1 aliphatic heterocycles. The third kappa shape index (κ3) is 3.91. The van der Waals surface area contributed by atoms with Crippen molar-refractivity contribution in [3.8, 4) is 11.6 Å². The lowest BCUT2D eigenvalue weighted by molar-refractivity contribution is 0.0620. The van der Waals surface area contributed by atoms with Crippen LogP contribution in [0.25, 0.3) is 5.82 Å². The summed E-state index contributed by atoms with van der Waals surface area (Å²) < 4.78 is 7.28. The number of carbonyl (C=O) groups excluding carboxylic acids is 2. The van der Waals surface area contributed by atoms with Gasteiger partial charge >= 0.3 is 0 Å². The number of anilines is 1. The summed E-state index contributed by atoms with van der Waals surface area (Å²) in [6.45, 7) is 5.49. The number of nitrogens with zero attached hydrogens (tertiary/aromatic N) is 3. The van der Waals surface area contributed by atoms with E-state index < -0.39 is 11.5 Å². The van der Waals surface area contributed by atoms with Gasteiger partial charge in [0, 0.05) is 17.8 Å². The first-order valence-corrected chi connectivity index (χ1v) is 9.94. The maximum atomic E-state index is 12.9. The second kappa shape index (κ2) is 7.41. The van der Waals surface area contributed by atoms with Gasteiger partial charge in [0.05, 0.1) is 27.7 Å². The number of benzene rings is 1. The SMILES string of the molecule is Cc1cc(NC(=O)c2ccc3c(c2)C(=O)CC(C)(C)O3)n(-c2ncc(Cl)cc2Cl)n1. The molecule has 154 valence electrons. The third-order valence-corrected chi connectivity index (χ3v) is 5.06. The number of fused-ring (bicyclic) bond motifs is 1. The van der Waals surface area contributed by atoms with Gasteiger partial charge in [-0.25, -0.2) is 4.98 Å². The summed E-state index contributed by atoms with van der Waals surface area (Å²) in [6, 6.07) is 8.04. The zero-order valence-corrected chi connectivity index (χ0v) is 18.0. The molecule has 0 bridgehead atoms. The molecule has 1 amide bonds. The molecule has 1 aliphatic rings. The van der Waals surface area contributed by atoms with Crippen molar-refractivity contribution >= 4 is 40.7 Å². The van der Waals surface area contributed by atoms with Crippen molar-refractivity contribution in [2.24, 2.45) is 0 Å². The molecule has 3 aromatic rings. The first kappa shape index (κ1) is 20.4. The van der Waals surface area contributed by atoms with E-state index in [1.807, 2.05) is 13.8 Å². The summed E-state index contributed by atoms with van der Waals surface area (Å²) in [5.74, 6) is 0.734. The minimum Gasteiger partial charge on any atom is -0.487 e. The van der Waals surface area contributed by atoms with Crippen LogP contribution in [0.3, 0.4) is 0 Å². The molecule has 0 atom stereocenters. The largest absolute Gasteiger partial charge is 0.487 e. The zero-order valence-electron chi connectivity index (χ0n) is 16.5. The summed E-state index contributed by atoms with van der Waals surface area (Å²) in [5, 5.41) is 7.84. The lowest BCUT2D eigenvalue weighted by Gasteiger charge is -2.31. The molecule has 0 saturated heterocycles. The maximum Gasteiger partial charge on any atom is 0.256 e. The molecule has 0 unspecified atom stereocenters. The molecule has 30 heavy (non-hydrogen) atoms. The number of hydrogen-bond donors (Lipinski definition) is 1. The topological polar surface area (TPSA) is 86.1 Å². The number of carbonyl (C=O) groups is 2. The van der Waals surface area contributed by atoms with Crippen LogP contribution in [0.1, 0.15) is 46.7 Å². The first-order chi connectivity index (χ1) is 14.1. The minimum atomic E-state index is -0.567. The van der Waals surface area contributed by atoms with Gasteiger partial charge in [-0.2, -0.15) is 9.78 Å². The summed E-state index contributed by atoms with van der Waals surface area (Å²) in [7, 11) is 0. The van der Waals surface area contributed by atoms with Gasteiger partial charge in [0.15, 0.2) is 11.6 Å². The van der Waals surface area contributed by atoms with E-state index in [1.54, 1.807) is 37.3 Å². The number of aromatic nitrogens is 3. The highest BCUT2D eigenvalue weighted by Crippen LogP contribution is 2.33. The predicted molar refractivity (Wildman–Crippen MR) is 114 cm³/mol. The molecule has 2 aromatic heterocycles. The van der Waals surface area contributed by atoms with Crippen LogP contribution in [0.15, 0.2) is 36.5 Å². The Bertz CT molecular complexity index is 1190. The molecular weight excluding hydrogens is 427 g/mol. The number of Topliss-reactive ketones (excluding diaryl/α,β-unsaturated/α-hetero) is 1. The van der Waals surface area contributed by atoms with Crippen molar-refractivity contribution in [2.45, 2.75) is 32.8 Å². The number of nitrogens with one attached hydrogen (secondary N) is 1. The fourth-order valence-corrected chi connectivity index (χ4v) is 3.76. The Hall–Kier alpha value is -2.90. The first-order valence-electron chi connectivity index (χ1n) is 9.19. The van der Waals surface area contributed by atoms with Gasteiger partial charge in [-0.1, -0.05) is 23.2 Å². The van der Waals surface area contributed by atoms with Gasteiger partial charge in [-0.05, 0) is 45.0 Å². The Balaban J connectivity index is 1.64. The van der Waals surface area contributed by atoms with Crippen LogP contribution >= 0.6 is 23.2 Å². The number of amides is 1. The van der Waals surface area contributed by atoms with Crippen LogP contribution in [-0.4, -0.2) is 32.1 Å². The highest BCUT2D eigenvalue weighted by Gasteiger charge is 2.33. The highest BCUT2D eigenvalue weighted by molar-refractivity contribution is 6.35. The Morgan fingerprint density at radius 1 is 1.23 bits per heavy atom. The summed E-state index contributed by atoms with van der Waals surface area (Å²) in [5.41, 5.74) is 0.817. The Morgan fingerprint density at radius 2 is 2.00 bits per heavy atom. The zero-order chi connectivity index (χ0) is 21.6. The second-order valence-corrected chi connectivity index (χ2v) is 8.51. The van der Waals surface area contributed by atoms with Gasteiger partial charge < -0.3 is 10.1 Å². The standard InChI is InChI=1S/C21H18Cl2N4O3/c1-11-6-18(27(26-11)19-15(23)8-13(22)10-24-19)25-20(29)12-4-5-17-14(7-12)16(28)9-21(2,3)30-17/h4-8,10H,9H2,1-3H3,(H,25,29). The molecule has 0 saturated carbocycles. The molecule has 7 nitrogen and oxygen atoms in total. The van der Waals surface area contributed by atoms with Crippen molar-refractivity contribution in [2.75, 3.05) is 5.32 Å². The summed E-state index contributed by atoms with van der Waals surface area (Å²) >= 11 is 12.2. The van der Waals surface area contributed by atoms with E-state index in [9.17, 15) is 9.59 Å². The van der Waals surface area contributed by atoms with Crippen LogP contribution < -0.4 is 10.1 Å². The van der Waals surface area contributed by atoms with Crippen molar-refractivity contribution in [1.82, 2.24) is 14.8 Å². The number of aryl methyl sites for hydroxylation is 1. The van der Waals surface area contributed by atoms with Gasteiger partial charge in [0.25, 0.3) is 5.91 Å². The molecule has 0 spiro atoms. The number of halogens is 2. The Kier molecular flexibility index (Phi) is 5.03. The highest BCUT2D eigenvalue weighted by atomic mass is 35.5. The van der Waals surface area contributed by atoms with Crippen LogP contribution in [0.2, 0.25) is 10.0 Å². The molecule has 0 aliphatic carbocycles. The second-order valence-electron chi connectivity index (χ2n) is 7.67. The average molecular weight is 445 g/mol. The normalized spacial score (nSPS) is 14.8. The van der Waals surface area contributed by atoms with Crippen molar-refractivity contribution in [1.29, 1.82) is 0 Å². The van der Waals surface area contributed by atoms with E-state index in [0.29, 0.717) is 44.3 Å². The molecule has 4 rings (SSSR count). The van der Waals surface area contributed by atoms with E-state index in [4.69, 9.17) is 27.9 Å². The Morgan fingerprint density at radius 3 is 2.73 bits per heavy atom. The van der Waals surface area contributed by atoms with E-state index >= 15 is 0 Å². The van der Waals surface area contributed by atoms with Crippen LogP contribution in [0, 0.1) is 6.92 Å². The molecule has 3 heterocycles. The molecule has 0 fully saturated rings. The van der Waals surface area contributed by atoms with E-state index in [2.05, 4.69) is 15.4 Å². The van der Waals surface area contributed by atoms with E-state index in [0.717, 1.165) is 0 Å². The van der Waals surface area contributed by atoms with E-state index in [1.165, 1.54) is 10.9 Å². The van der Waals surface area contributed by atoms with Gasteiger partial charge in [-0.15, -0.1) is 0 Å². The monoisotopic (exact) mass is 444 g/mol. The summed E-state index contributed by atoms with van der Waals surface area (Å²) in [4.78, 5) is 29.6. The maximum absolute atomic E-state index is 12.9. The third-order valence-electron chi connectivity index (χ3n) is 4.58. The number of hydrogen-bond acceptors (Lipinski definition) is 5. The van der Waals surface area contributed by atoms with Crippen LogP contribution in [0.5, 0.6) is 5.75 Å². The molecule has 1 N–H and O–H groups in total. The Labute approximate surface area is 183 Å². The minimum absolute atomic E-state index is 0.0612. The number of ketones is 1. The number of rotatable bonds is 3. The molecular formula is C21H18Cl2N4O3. The molecule has 9 heteroatoms. The van der Waals surface area contributed by atoms with Gasteiger partial charge in [0.1, 0.15) is 17.2 Å². The average Bonchev–Trinajstić information content (AvgIpc) is 3.00. The fraction of sp³-hybridized carbons (Fsp3) is 0.238. The van der Waals surface area contributed by atoms with Gasteiger partial charge in [-0.3, -0.25) is 9.59 Å². The molecule has 1 aromatic carbocycles. The number of pyridine rings is 1. The molecule has 0 radical (unpaired) electrons. The quantitative estimate of drug-likeness (QED) is 0.621. The summed E-state index contributed by atoms with van der Waals surface area (Å²) in [6.07, 6.45) is 1.69. The van der Waals surface area contributed by atoms with Crippen LogP contribution in [-0.2, 0) is 0 Å². The van der Waals surface area contributed by atoms with Crippen LogP contribution in [0.4, 0.5) is 5.82 Å². The predicted octanol–water partition coefficient (Wildman–Crippen LogP) is 4.88. The van der Waals surface area contributed by atoms with Gasteiger partial charge in [0.2, 0.25) is 0 Å². The number of ether oxygens (including phenoxy) is 1.